The van der Waals surface area contributed by atoms with Crippen LogP contribution in [0.25, 0.3) is 0 Å². The number of phosphoric ester groups is 1. The largest absolute Gasteiger partial charge is 0.472 e. The van der Waals surface area contributed by atoms with Gasteiger partial charge in [0.1, 0.15) is 19.8 Å². The van der Waals surface area contributed by atoms with Crippen LogP contribution in [0.2, 0.25) is 0 Å². The lowest BCUT2D eigenvalue weighted by atomic mass is 10.0. The number of quaternary nitrogens is 1. The quantitative estimate of drug-likeness (QED) is 0.0216. The Labute approximate surface area is 338 Å². The van der Waals surface area contributed by atoms with Gasteiger partial charge in [-0.15, -0.1) is 0 Å². The van der Waals surface area contributed by atoms with Gasteiger partial charge in [-0.25, -0.2) is 4.57 Å². The molecule has 0 aliphatic heterocycles. The van der Waals surface area contributed by atoms with Crippen molar-refractivity contribution in [2.75, 3.05) is 47.3 Å². The third-order valence-corrected chi connectivity index (χ3v) is 9.88. The Kier molecular flexibility index (Phi) is 25.3. The van der Waals surface area contributed by atoms with Crippen molar-refractivity contribution in [1.82, 2.24) is 0 Å². The van der Waals surface area contributed by atoms with Gasteiger partial charge in [-0.05, 0) is 44.9 Å². The molecule has 0 amide bonds. The summed E-state index contributed by atoms with van der Waals surface area (Å²) < 4.78 is 100. The fourth-order valence-corrected chi connectivity index (χ4v) is 6.41. The lowest BCUT2D eigenvalue weighted by Crippen LogP contribution is -2.37. The summed E-state index contributed by atoms with van der Waals surface area (Å²) in [5.74, 6) is -1.16. The minimum Gasteiger partial charge on any atom is -0.462 e. The lowest BCUT2D eigenvalue weighted by molar-refractivity contribution is -0.870. The van der Waals surface area contributed by atoms with Crippen LogP contribution in [0.3, 0.4) is 0 Å². The van der Waals surface area contributed by atoms with Crippen LogP contribution in [-0.4, -0.2) is 74.7 Å². The standard InChI is InChI=1S/C43H82NO8P/c1-6-8-10-12-14-16-18-20-22-24-26-28-30-32-34-36-43(46)52-41(40-51-53(47,48)50-38-37-44(3,4)5)39-49-42(45)35-33-31-29-27-25-23-21-19-17-15-13-11-9-7-2/h14,16,20,22,41H,6-13,15,17-19,21,23-40H2,1-5H3/p+1/b16-14-,22-20-/i3D3,4D3,5D3. The lowest BCUT2D eigenvalue weighted by Gasteiger charge is -2.24. The summed E-state index contributed by atoms with van der Waals surface area (Å²) in [6.45, 7) is -9.82. The molecule has 0 saturated carbocycles. The highest BCUT2D eigenvalue weighted by molar-refractivity contribution is 7.47. The summed E-state index contributed by atoms with van der Waals surface area (Å²) in [4.78, 5) is 35.7. The number of unbranched alkanes of at least 4 members (excludes halogenated alkanes) is 21. The molecule has 1 N–H and O–H groups in total. The van der Waals surface area contributed by atoms with E-state index in [0.717, 1.165) is 64.2 Å². The monoisotopic (exact) mass is 782 g/mol. The van der Waals surface area contributed by atoms with Gasteiger partial charge in [0.2, 0.25) is 0 Å². The fourth-order valence-electron chi connectivity index (χ4n) is 5.67. The predicted octanol–water partition coefficient (Wildman–Crippen LogP) is 12.0. The molecule has 53 heavy (non-hydrogen) atoms. The summed E-state index contributed by atoms with van der Waals surface area (Å²) in [7, 11) is -5.08. The second kappa shape index (κ2) is 36.1. The smallest absolute Gasteiger partial charge is 0.462 e. The highest BCUT2D eigenvalue weighted by Crippen LogP contribution is 2.43. The zero-order chi connectivity index (χ0) is 46.8. The van der Waals surface area contributed by atoms with Gasteiger partial charge in [0.15, 0.2) is 6.10 Å². The average molecular weight is 782 g/mol. The summed E-state index contributed by atoms with van der Waals surface area (Å²) in [5.41, 5.74) is 0. The molecule has 10 heteroatoms. The van der Waals surface area contributed by atoms with Crippen molar-refractivity contribution < 1.29 is 54.4 Å². The van der Waals surface area contributed by atoms with Crippen LogP contribution < -0.4 is 0 Å². The Bertz CT molecular complexity index is 1230. The van der Waals surface area contributed by atoms with E-state index in [0.29, 0.717) is 12.8 Å². The number of likely N-dealkylation sites (N-methyl/N-ethyl adjacent to an activating group) is 1. The van der Waals surface area contributed by atoms with E-state index in [1.807, 2.05) is 0 Å². The Hall–Kier alpha value is -1.51. The van der Waals surface area contributed by atoms with E-state index in [9.17, 15) is 19.0 Å². The van der Waals surface area contributed by atoms with E-state index < -0.39 is 77.6 Å². The molecule has 2 unspecified atom stereocenters. The van der Waals surface area contributed by atoms with E-state index in [4.69, 9.17) is 30.9 Å². The number of allylic oxidation sites excluding steroid dienone is 4. The Morgan fingerprint density at radius 3 is 1.60 bits per heavy atom. The number of ether oxygens (including phenoxy) is 2. The fraction of sp³-hybridized carbons (Fsp3) is 0.860. The zero-order valence-electron chi connectivity index (χ0n) is 42.5. The summed E-state index contributed by atoms with van der Waals surface area (Å²) in [5, 5.41) is 0. The minimum absolute atomic E-state index is 0.0562. The third-order valence-electron chi connectivity index (χ3n) is 8.90. The molecule has 0 fully saturated rings. The number of nitrogens with zero attached hydrogens (tertiary/aromatic N) is 1. The number of hydrogen-bond donors (Lipinski definition) is 1. The number of carbonyl (C=O) groups is 2. The molecule has 0 aliphatic rings. The Morgan fingerprint density at radius 1 is 0.623 bits per heavy atom. The van der Waals surface area contributed by atoms with Crippen molar-refractivity contribution >= 4 is 19.8 Å². The van der Waals surface area contributed by atoms with Crippen LogP contribution in [0.15, 0.2) is 24.3 Å². The van der Waals surface area contributed by atoms with Crippen molar-refractivity contribution in [2.24, 2.45) is 0 Å². The number of hydrogen-bond acceptors (Lipinski definition) is 7. The maximum absolute atomic E-state index is 12.8. The molecule has 0 saturated heterocycles. The van der Waals surface area contributed by atoms with Crippen LogP contribution >= 0.6 is 7.82 Å². The molecule has 312 valence electrons. The SMILES string of the molecule is [2H]C([2H])([2H])[N+](CCOP(=O)(O)OCC(COC(=O)CCCCCCCCCCCCCCCC)OC(=O)CCCCCCC/C=C\C/C=C\CCCCC)(C([2H])([2H])[2H])C([2H])([2H])[2H]. The molecule has 0 rings (SSSR count). The molecule has 0 spiro atoms. The molecule has 0 aliphatic carbocycles. The molecule has 0 bridgehead atoms. The first-order chi connectivity index (χ1) is 29.2. The van der Waals surface area contributed by atoms with Gasteiger partial charge in [-0.2, -0.15) is 0 Å². The van der Waals surface area contributed by atoms with E-state index in [2.05, 4.69) is 38.2 Å². The topological polar surface area (TPSA) is 108 Å². The van der Waals surface area contributed by atoms with Gasteiger partial charge in [0.25, 0.3) is 0 Å². The summed E-state index contributed by atoms with van der Waals surface area (Å²) >= 11 is 0. The molecule has 0 radical (unpaired) electrons. The van der Waals surface area contributed by atoms with Crippen molar-refractivity contribution in [1.29, 1.82) is 0 Å². The van der Waals surface area contributed by atoms with E-state index in [1.165, 1.54) is 83.5 Å². The molecular weight excluding hydrogens is 689 g/mol. The van der Waals surface area contributed by atoms with Crippen molar-refractivity contribution in [2.45, 2.75) is 193 Å². The predicted molar refractivity (Wildman–Crippen MR) is 220 cm³/mol. The second-order valence-electron chi connectivity index (χ2n) is 14.3. The third kappa shape index (κ3) is 40.0. The molecule has 2 atom stereocenters. The minimum atomic E-state index is -5.08. The molecule has 0 aromatic carbocycles. The van der Waals surface area contributed by atoms with Crippen LogP contribution in [-0.2, 0) is 32.7 Å². The number of carbonyl (C=O) groups excluding carboxylic acids is 2. The van der Waals surface area contributed by atoms with Crippen molar-refractivity contribution in [3.8, 4) is 0 Å². The van der Waals surface area contributed by atoms with Crippen LogP contribution in [0, 0.1) is 0 Å². The van der Waals surface area contributed by atoms with E-state index in [1.54, 1.807) is 0 Å². The Balaban J connectivity index is 4.99. The highest BCUT2D eigenvalue weighted by atomic mass is 31.2. The van der Waals surface area contributed by atoms with Gasteiger partial charge in [-0.1, -0.05) is 154 Å². The van der Waals surface area contributed by atoms with Gasteiger partial charge in [0, 0.05) is 12.8 Å². The van der Waals surface area contributed by atoms with Gasteiger partial charge < -0.3 is 18.9 Å². The van der Waals surface area contributed by atoms with Crippen LogP contribution in [0.1, 0.15) is 200 Å². The summed E-state index contributed by atoms with van der Waals surface area (Å²) in [6.07, 6.45) is 35.2. The number of rotatable bonds is 39. The normalized spacial score (nSPS) is 17.1. The van der Waals surface area contributed by atoms with Crippen molar-refractivity contribution in [3.63, 3.8) is 0 Å². The van der Waals surface area contributed by atoms with Crippen LogP contribution in [0.4, 0.5) is 0 Å². The maximum atomic E-state index is 12.8. The first-order valence-corrected chi connectivity index (χ1v) is 22.4. The first kappa shape index (κ1) is 37.1. The van der Waals surface area contributed by atoms with E-state index in [-0.39, 0.29) is 12.8 Å². The van der Waals surface area contributed by atoms with E-state index >= 15 is 0 Å². The maximum Gasteiger partial charge on any atom is 0.472 e. The average Bonchev–Trinajstić information content (AvgIpc) is 3.17. The molecule has 0 aromatic rings. The van der Waals surface area contributed by atoms with Gasteiger partial charge in [0.05, 0.1) is 39.9 Å². The summed E-state index contributed by atoms with van der Waals surface area (Å²) in [6, 6.07) is 0. The number of phosphoric acid groups is 1. The van der Waals surface area contributed by atoms with Gasteiger partial charge >= 0.3 is 19.8 Å². The molecule has 9 nitrogen and oxygen atoms in total. The molecular formula is C43H83NO8P+. The molecule has 0 heterocycles. The Morgan fingerprint density at radius 2 is 1.08 bits per heavy atom. The molecule has 0 aromatic heterocycles. The number of esters is 2. The van der Waals surface area contributed by atoms with Gasteiger partial charge in [-0.3, -0.25) is 18.6 Å². The first-order valence-electron chi connectivity index (χ1n) is 25.4. The second-order valence-corrected chi connectivity index (χ2v) is 15.7. The van der Waals surface area contributed by atoms with Crippen molar-refractivity contribution in [3.05, 3.63) is 24.3 Å². The zero-order valence-corrected chi connectivity index (χ0v) is 34.4. The van der Waals surface area contributed by atoms with Crippen LogP contribution in [0.5, 0.6) is 0 Å². The highest BCUT2D eigenvalue weighted by Gasteiger charge is 2.27.